The monoisotopic (exact) mass is 393 g/mol. The highest BCUT2D eigenvalue weighted by atomic mass is 32.2. The van der Waals surface area contributed by atoms with Crippen LogP contribution < -0.4 is 5.32 Å². The number of nitrogens with one attached hydrogen (secondary N) is 1. The average Bonchev–Trinajstić information content (AvgIpc) is 3.16. The number of hydrogen-bond acceptors (Lipinski definition) is 7. The van der Waals surface area contributed by atoms with Gasteiger partial charge in [-0.2, -0.15) is 0 Å². The number of sulfone groups is 1. The SMILES string of the molecule is CS(=O)(=O)c1ccc(NC[C@H](c2ccco2)N2CCCCC2)c([N+](=O)[O-])c1. The van der Waals surface area contributed by atoms with Gasteiger partial charge in [0.05, 0.1) is 22.1 Å². The van der Waals surface area contributed by atoms with Crippen molar-refractivity contribution in [3.63, 3.8) is 0 Å². The first-order valence-corrected chi connectivity index (χ1v) is 10.8. The molecule has 0 bridgehead atoms. The molecular formula is C18H23N3O5S. The molecule has 1 saturated heterocycles. The summed E-state index contributed by atoms with van der Waals surface area (Å²) in [6, 6.07) is 7.62. The van der Waals surface area contributed by atoms with Gasteiger partial charge in [0.1, 0.15) is 11.4 Å². The van der Waals surface area contributed by atoms with E-state index in [0.29, 0.717) is 12.2 Å². The highest BCUT2D eigenvalue weighted by Gasteiger charge is 2.26. The van der Waals surface area contributed by atoms with Crippen LogP contribution in [0, 0.1) is 10.1 Å². The average molecular weight is 393 g/mol. The fourth-order valence-corrected chi connectivity index (χ4v) is 4.01. The highest BCUT2D eigenvalue weighted by Crippen LogP contribution is 2.30. The molecule has 0 radical (unpaired) electrons. The van der Waals surface area contributed by atoms with Crippen LogP contribution in [-0.4, -0.2) is 44.1 Å². The van der Waals surface area contributed by atoms with Crippen LogP contribution in [0.1, 0.15) is 31.1 Å². The summed E-state index contributed by atoms with van der Waals surface area (Å²) in [7, 11) is -3.51. The summed E-state index contributed by atoms with van der Waals surface area (Å²) in [5.41, 5.74) is 0.0377. The molecule has 0 aliphatic carbocycles. The van der Waals surface area contributed by atoms with E-state index in [-0.39, 0.29) is 16.6 Å². The van der Waals surface area contributed by atoms with Crippen molar-refractivity contribution in [3.8, 4) is 0 Å². The molecule has 1 aliphatic rings. The van der Waals surface area contributed by atoms with Gasteiger partial charge in [0.2, 0.25) is 0 Å². The smallest absolute Gasteiger partial charge is 0.293 e. The van der Waals surface area contributed by atoms with Crippen LogP contribution in [0.3, 0.4) is 0 Å². The van der Waals surface area contributed by atoms with Crippen molar-refractivity contribution in [2.75, 3.05) is 31.2 Å². The highest BCUT2D eigenvalue weighted by molar-refractivity contribution is 7.90. The second-order valence-corrected chi connectivity index (χ2v) is 8.73. The Balaban J connectivity index is 1.83. The summed E-state index contributed by atoms with van der Waals surface area (Å²) >= 11 is 0. The molecule has 146 valence electrons. The summed E-state index contributed by atoms with van der Waals surface area (Å²) in [5, 5.41) is 14.5. The zero-order valence-corrected chi connectivity index (χ0v) is 15.9. The normalized spacial score (nSPS) is 16.8. The van der Waals surface area contributed by atoms with Crippen molar-refractivity contribution in [1.29, 1.82) is 0 Å². The number of likely N-dealkylation sites (tertiary alicyclic amines) is 1. The summed E-state index contributed by atoms with van der Waals surface area (Å²) in [5.74, 6) is 0.805. The Labute approximate surface area is 158 Å². The molecule has 2 heterocycles. The number of nitrogens with zero attached hydrogens (tertiary/aromatic N) is 2. The van der Waals surface area contributed by atoms with Gasteiger partial charge in [-0.05, 0) is 50.2 Å². The number of furan rings is 1. The number of nitro groups is 1. The molecule has 9 heteroatoms. The van der Waals surface area contributed by atoms with Gasteiger partial charge in [-0.3, -0.25) is 15.0 Å². The molecule has 1 aromatic carbocycles. The van der Waals surface area contributed by atoms with Crippen LogP contribution in [0.2, 0.25) is 0 Å². The third-order valence-electron chi connectivity index (χ3n) is 4.78. The van der Waals surface area contributed by atoms with Crippen molar-refractivity contribution in [2.24, 2.45) is 0 Å². The number of benzene rings is 1. The van der Waals surface area contributed by atoms with Gasteiger partial charge in [-0.1, -0.05) is 6.42 Å². The molecule has 0 amide bonds. The molecule has 1 atom stereocenters. The Bertz CT molecular complexity index is 890. The molecule has 0 spiro atoms. The summed E-state index contributed by atoms with van der Waals surface area (Å²) in [6.07, 6.45) is 6.08. The van der Waals surface area contributed by atoms with E-state index < -0.39 is 14.8 Å². The van der Waals surface area contributed by atoms with Crippen molar-refractivity contribution in [1.82, 2.24) is 4.90 Å². The van der Waals surface area contributed by atoms with E-state index in [4.69, 9.17) is 4.42 Å². The molecule has 1 N–H and O–H groups in total. The number of hydrogen-bond donors (Lipinski definition) is 1. The predicted molar refractivity (Wildman–Crippen MR) is 102 cm³/mol. The van der Waals surface area contributed by atoms with Crippen LogP contribution >= 0.6 is 0 Å². The molecule has 1 aromatic heterocycles. The first-order valence-electron chi connectivity index (χ1n) is 8.86. The van der Waals surface area contributed by atoms with Crippen LogP contribution in [0.4, 0.5) is 11.4 Å². The van der Waals surface area contributed by atoms with Crippen molar-refractivity contribution in [3.05, 3.63) is 52.5 Å². The lowest BCUT2D eigenvalue weighted by molar-refractivity contribution is -0.384. The quantitative estimate of drug-likeness (QED) is 0.568. The Kier molecular flexibility index (Phi) is 5.81. The number of piperidine rings is 1. The van der Waals surface area contributed by atoms with Gasteiger partial charge in [0.15, 0.2) is 9.84 Å². The van der Waals surface area contributed by atoms with E-state index in [0.717, 1.165) is 44.0 Å². The molecule has 0 saturated carbocycles. The molecule has 1 aliphatic heterocycles. The number of anilines is 1. The van der Waals surface area contributed by atoms with E-state index in [1.807, 2.05) is 12.1 Å². The van der Waals surface area contributed by atoms with E-state index >= 15 is 0 Å². The lowest BCUT2D eigenvalue weighted by atomic mass is 10.1. The minimum Gasteiger partial charge on any atom is -0.468 e. The van der Waals surface area contributed by atoms with Gasteiger partial charge in [-0.15, -0.1) is 0 Å². The minimum atomic E-state index is -3.51. The van der Waals surface area contributed by atoms with E-state index in [2.05, 4.69) is 10.2 Å². The summed E-state index contributed by atoms with van der Waals surface area (Å²) < 4.78 is 29.0. The third-order valence-corrected chi connectivity index (χ3v) is 5.89. The molecule has 1 fully saturated rings. The molecule has 3 rings (SSSR count). The fourth-order valence-electron chi connectivity index (χ4n) is 3.37. The van der Waals surface area contributed by atoms with E-state index in [1.54, 1.807) is 6.26 Å². The Morgan fingerprint density at radius 2 is 2.00 bits per heavy atom. The van der Waals surface area contributed by atoms with Crippen LogP contribution in [-0.2, 0) is 9.84 Å². The number of rotatable bonds is 7. The first kappa shape index (κ1) is 19.4. The second kappa shape index (κ2) is 8.10. The second-order valence-electron chi connectivity index (χ2n) is 6.72. The third kappa shape index (κ3) is 4.67. The molecular weight excluding hydrogens is 370 g/mol. The predicted octanol–water partition coefficient (Wildman–Crippen LogP) is 3.23. The van der Waals surface area contributed by atoms with Crippen LogP contribution in [0.15, 0.2) is 45.9 Å². The minimum absolute atomic E-state index is 0.0468. The lowest BCUT2D eigenvalue weighted by Gasteiger charge is -2.33. The van der Waals surface area contributed by atoms with E-state index in [9.17, 15) is 18.5 Å². The first-order chi connectivity index (χ1) is 12.9. The maximum absolute atomic E-state index is 11.7. The van der Waals surface area contributed by atoms with Gasteiger partial charge in [0.25, 0.3) is 5.69 Å². The Morgan fingerprint density at radius 3 is 2.59 bits per heavy atom. The number of nitro benzene ring substituents is 1. The van der Waals surface area contributed by atoms with Crippen molar-refractivity contribution < 1.29 is 17.8 Å². The molecule has 8 nitrogen and oxygen atoms in total. The van der Waals surface area contributed by atoms with Gasteiger partial charge in [0, 0.05) is 18.9 Å². The van der Waals surface area contributed by atoms with Gasteiger partial charge in [-0.25, -0.2) is 8.42 Å². The Morgan fingerprint density at radius 1 is 1.26 bits per heavy atom. The summed E-state index contributed by atoms with van der Waals surface area (Å²) in [4.78, 5) is 13.1. The largest absolute Gasteiger partial charge is 0.468 e. The zero-order chi connectivity index (χ0) is 19.4. The Hall–Kier alpha value is -2.39. The zero-order valence-electron chi connectivity index (χ0n) is 15.1. The van der Waals surface area contributed by atoms with E-state index in [1.165, 1.54) is 18.6 Å². The van der Waals surface area contributed by atoms with Gasteiger partial charge < -0.3 is 9.73 Å². The van der Waals surface area contributed by atoms with Crippen molar-refractivity contribution >= 4 is 21.2 Å². The van der Waals surface area contributed by atoms with Gasteiger partial charge >= 0.3 is 0 Å². The molecule has 0 unspecified atom stereocenters. The summed E-state index contributed by atoms with van der Waals surface area (Å²) in [6.45, 7) is 2.32. The standard InChI is InChI=1S/C18H23N3O5S/c1-27(24,25)14-7-8-15(16(12-14)21(22)23)19-13-17(18-6-5-11-26-18)20-9-3-2-4-10-20/h5-8,11-12,17,19H,2-4,9-10,13H2,1H3/t17-/m1/s1. The molecule has 2 aromatic rings. The maximum Gasteiger partial charge on any atom is 0.293 e. The molecule has 27 heavy (non-hydrogen) atoms. The fraction of sp³-hybridized carbons (Fsp3) is 0.444. The van der Waals surface area contributed by atoms with Crippen LogP contribution in [0.25, 0.3) is 0 Å². The maximum atomic E-state index is 11.7. The topological polar surface area (TPSA) is 106 Å². The van der Waals surface area contributed by atoms with Crippen LogP contribution in [0.5, 0.6) is 0 Å². The lowest BCUT2D eigenvalue weighted by Crippen LogP contribution is -2.37. The van der Waals surface area contributed by atoms with Crippen molar-refractivity contribution in [2.45, 2.75) is 30.2 Å².